The molecule has 0 radical (unpaired) electrons. The van der Waals surface area contributed by atoms with Crippen LogP contribution in [-0.2, 0) is 16.6 Å². The molecule has 0 aliphatic rings. The quantitative estimate of drug-likeness (QED) is 0.215. The largest absolute Gasteiger partial charge is 0.473 e. The zero-order chi connectivity index (χ0) is 29.5. The average Bonchev–Trinajstić information content (AvgIpc) is 3.30. The van der Waals surface area contributed by atoms with Crippen LogP contribution in [0.5, 0.6) is 5.88 Å². The number of hydrogen-bond acceptors (Lipinski definition) is 8. The van der Waals surface area contributed by atoms with Gasteiger partial charge in [0.05, 0.1) is 17.5 Å². The van der Waals surface area contributed by atoms with E-state index in [0.717, 1.165) is 22.2 Å². The summed E-state index contributed by atoms with van der Waals surface area (Å²) in [6, 6.07) is 11.7. The molecular formula is C30H36N8O3. The molecule has 11 heteroatoms. The number of carbonyl (C=O) groups excluding carboxylic acids is 2. The Labute approximate surface area is 239 Å². The van der Waals surface area contributed by atoms with Gasteiger partial charge in [0.25, 0.3) is 0 Å². The molecular weight excluding hydrogens is 520 g/mol. The van der Waals surface area contributed by atoms with E-state index in [-0.39, 0.29) is 12.0 Å². The van der Waals surface area contributed by atoms with Gasteiger partial charge in [0.1, 0.15) is 5.69 Å². The molecule has 0 aliphatic heterocycles. The second-order valence-corrected chi connectivity index (χ2v) is 9.76. The lowest BCUT2D eigenvalue weighted by Crippen LogP contribution is -2.33. The summed E-state index contributed by atoms with van der Waals surface area (Å²) >= 11 is 0. The van der Waals surface area contributed by atoms with Gasteiger partial charge in [-0.1, -0.05) is 31.7 Å². The van der Waals surface area contributed by atoms with Gasteiger partial charge in [0.15, 0.2) is 5.82 Å². The summed E-state index contributed by atoms with van der Waals surface area (Å²) in [5.41, 5.74) is 3.75. The Kier molecular flexibility index (Phi) is 9.18. The summed E-state index contributed by atoms with van der Waals surface area (Å²) in [4.78, 5) is 39.8. The fourth-order valence-corrected chi connectivity index (χ4v) is 4.29. The molecule has 1 aromatic carbocycles. The standard InChI is InChI=1S/C30H36N8O3/c1-7-26(39)31-15-16-37(5)28-23(33-27(40)8-2)17-24(29(36-28)41-19(3)4)35-30-32-14-13-22(34-30)21-18-38(6)25-12-10-9-11-20(21)25/h8-14,17-19H,2,7,15-16H2,1,3-6H3,(H,31,39)(H,33,40)(H,32,34,35). The molecule has 2 amide bonds. The number of para-hydroxylation sites is 1. The number of hydrogen-bond donors (Lipinski definition) is 3. The average molecular weight is 557 g/mol. The second-order valence-electron chi connectivity index (χ2n) is 9.76. The van der Waals surface area contributed by atoms with Crippen LogP contribution in [0, 0.1) is 0 Å². The summed E-state index contributed by atoms with van der Waals surface area (Å²) in [5.74, 6) is 0.696. The first-order valence-corrected chi connectivity index (χ1v) is 13.5. The van der Waals surface area contributed by atoms with Crippen LogP contribution >= 0.6 is 0 Å². The van der Waals surface area contributed by atoms with E-state index in [1.54, 1.807) is 19.2 Å². The Morgan fingerprint density at radius 3 is 2.68 bits per heavy atom. The minimum atomic E-state index is -0.390. The minimum Gasteiger partial charge on any atom is -0.473 e. The van der Waals surface area contributed by atoms with E-state index in [1.807, 2.05) is 57.2 Å². The number of fused-ring (bicyclic) bond motifs is 1. The third-order valence-corrected chi connectivity index (χ3v) is 6.29. The molecule has 4 rings (SSSR count). The highest BCUT2D eigenvalue weighted by Crippen LogP contribution is 2.36. The Balaban J connectivity index is 1.71. The Bertz CT molecular complexity index is 1560. The van der Waals surface area contributed by atoms with Gasteiger partial charge in [-0.25, -0.2) is 9.97 Å². The predicted octanol–water partition coefficient (Wildman–Crippen LogP) is 4.65. The highest BCUT2D eigenvalue weighted by atomic mass is 16.5. The molecule has 4 aromatic rings. The molecule has 0 saturated heterocycles. The summed E-state index contributed by atoms with van der Waals surface area (Å²) < 4.78 is 8.13. The maximum Gasteiger partial charge on any atom is 0.247 e. The molecule has 214 valence electrons. The molecule has 0 aliphatic carbocycles. The number of pyridine rings is 1. The van der Waals surface area contributed by atoms with E-state index in [0.29, 0.717) is 48.5 Å². The highest BCUT2D eigenvalue weighted by Gasteiger charge is 2.20. The third kappa shape index (κ3) is 6.99. The van der Waals surface area contributed by atoms with Crippen LogP contribution < -0.4 is 25.6 Å². The smallest absolute Gasteiger partial charge is 0.247 e. The van der Waals surface area contributed by atoms with Crippen molar-refractivity contribution in [2.24, 2.45) is 7.05 Å². The normalized spacial score (nSPS) is 10.9. The van der Waals surface area contributed by atoms with Crippen LogP contribution in [0.25, 0.3) is 22.2 Å². The van der Waals surface area contributed by atoms with Crippen molar-refractivity contribution < 1.29 is 14.3 Å². The maximum absolute atomic E-state index is 12.3. The van der Waals surface area contributed by atoms with E-state index in [1.165, 1.54) is 6.08 Å². The van der Waals surface area contributed by atoms with Crippen molar-refractivity contribution in [2.75, 3.05) is 35.7 Å². The van der Waals surface area contributed by atoms with E-state index in [4.69, 9.17) is 14.7 Å². The van der Waals surface area contributed by atoms with Crippen LogP contribution in [0.3, 0.4) is 0 Å². The number of aromatic nitrogens is 4. The first-order valence-electron chi connectivity index (χ1n) is 13.5. The number of ether oxygens (including phenoxy) is 1. The molecule has 0 fully saturated rings. The van der Waals surface area contributed by atoms with Gasteiger partial charge >= 0.3 is 0 Å². The van der Waals surface area contributed by atoms with Crippen LogP contribution in [-0.4, -0.2) is 57.6 Å². The Morgan fingerprint density at radius 1 is 1.17 bits per heavy atom. The Hall–Kier alpha value is -4.93. The topological polar surface area (TPSA) is 126 Å². The lowest BCUT2D eigenvalue weighted by Gasteiger charge is -2.24. The molecule has 3 aromatic heterocycles. The van der Waals surface area contributed by atoms with Crippen LogP contribution in [0.15, 0.2) is 61.4 Å². The third-order valence-electron chi connectivity index (χ3n) is 6.29. The molecule has 0 spiro atoms. The number of rotatable bonds is 12. The van der Waals surface area contributed by atoms with Crippen molar-refractivity contribution in [2.45, 2.75) is 33.3 Å². The first-order chi connectivity index (χ1) is 19.7. The maximum atomic E-state index is 12.3. The van der Waals surface area contributed by atoms with Crippen LogP contribution in [0.2, 0.25) is 0 Å². The molecule has 3 heterocycles. The first kappa shape index (κ1) is 29.1. The highest BCUT2D eigenvalue weighted by molar-refractivity contribution is 6.01. The summed E-state index contributed by atoms with van der Waals surface area (Å²) in [6.07, 6.45) is 5.15. The van der Waals surface area contributed by atoms with E-state index >= 15 is 0 Å². The number of amides is 2. The van der Waals surface area contributed by atoms with Gasteiger partial charge in [-0.3, -0.25) is 9.59 Å². The molecule has 11 nitrogen and oxygen atoms in total. The molecule has 0 saturated carbocycles. The summed E-state index contributed by atoms with van der Waals surface area (Å²) in [7, 11) is 3.83. The molecule has 41 heavy (non-hydrogen) atoms. The van der Waals surface area contributed by atoms with Crippen molar-refractivity contribution in [3.05, 3.63) is 61.4 Å². The van der Waals surface area contributed by atoms with E-state index in [2.05, 4.69) is 44.2 Å². The predicted molar refractivity (Wildman–Crippen MR) is 163 cm³/mol. The van der Waals surface area contributed by atoms with Gasteiger partial charge in [-0.2, -0.15) is 4.98 Å². The number of aryl methyl sites for hydroxylation is 1. The number of benzene rings is 1. The molecule has 3 N–H and O–H groups in total. The minimum absolute atomic E-state index is 0.0411. The SMILES string of the molecule is C=CC(=O)Nc1cc(Nc2nccc(-c3cn(C)c4ccccc34)n2)c(OC(C)C)nc1N(C)CCNC(=O)CC. The number of anilines is 4. The van der Waals surface area contributed by atoms with Crippen molar-refractivity contribution in [1.29, 1.82) is 0 Å². The number of carbonyl (C=O) groups is 2. The van der Waals surface area contributed by atoms with Crippen molar-refractivity contribution >= 4 is 45.9 Å². The zero-order valence-electron chi connectivity index (χ0n) is 24.1. The van der Waals surface area contributed by atoms with Crippen LogP contribution in [0.1, 0.15) is 27.2 Å². The zero-order valence-corrected chi connectivity index (χ0v) is 24.1. The Morgan fingerprint density at radius 2 is 1.95 bits per heavy atom. The van der Waals surface area contributed by atoms with Crippen molar-refractivity contribution in [1.82, 2.24) is 24.8 Å². The molecule has 0 bridgehead atoms. The van der Waals surface area contributed by atoms with E-state index < -0.39 is 5.91 Å². The van der Waals surface area contributed by atoms with E-state index in [9.17, 15) is 9.59 Å². The molecule has 0 unspecified atom stereocenters. The van der Waals surface area contributed by atoms with Gasteiger partial charge in [0, 0.05) is 62.5 Å². The van der Waals surface area contributed by atoms with Gasteiger partial charge < -0.3 is 30.2 Å². The van der Waals surface area contributed by atoms with Crippen LogP contribution in [0.4, 0.5) is 23.1 Å². The van der Waals surface area contributed by atoms with Gasteiger partial charge in [-0.05, 0) is 38.1 Å². The lowest BCUT2D eigenvalue weighted by molar-refractivity contribution is -0.120. The molecule has 0 atom stereocenters. The second kappa shape index (κ2) is 12.9. The summed E-state index contributed by atoms with van der Waals surface area (Å²) in [5, 5.41) is 10.0. The van der Waals surface area contributed by atoms with Crippen molar-refractivity contribution in [3.8, 4) is 17.1 Å². The monoisotopic (exact) mass is 556 g/mol. The number of likely N-dealkylation sites (N-methyl/N-ethyl adjacent to an activating group) is 1. The fourth-order valence-electron chi connectivity index (χ4n) is 4.29. The van der Waals surface area contributed by atoms with Gasteiger partial charge in [-0.15, -0.1) is 0 Å². The lowest BCUT2D eigenvalue weighted by atomic mass is 10.1. The number of nitrogens with one attached hydrogen (secondary N) is 3. The fraction of sp³-hybridized carbons (Fsp3) is 0.300. The summed E-state index contributed by atoms with van der Waals surface area (Å²) in [6.45, 7) is 10.0. The van der Waals surface area contributed by atoms with Gasteiger partial charge in [0.2, 0.25) is 23.6 Å². The number of nitrogens with zero attached hydrogens (tertiary/aromatic N) is 5. The van der Waals surface area contributed by atoms with Crippen molar-refractivity contribution in [3.63, 3.8) is 0 Å².